The van der Waals surface area contributed by atoms with Gasteiger partial charge in [-0.15, -0.1) is 0 Å². The van der Waals surface area contributed by atoms with Gasteiger partial charge in [0.2, 0.25) is 5.76 Å². The molecule has 1 saturated heterocycles. The number of nitrogens with zero attached hydrogens (tertiary/aromatic N) is 1. The number of hydrogen-bond acceptors (Lipinski definition) is 4. The van der Waals surface area contributed by atoms with E-state index >= 15 is 0 Å². The molecule has 2 amide bonds. The van der Waals surface area contributed by atoms with Gasteiger partial charge in [0.25, 0.3) is 0 Å². The molecule has 0 radical (unpaired) electrons. The first-order valence-electron chi connectivity index (χ1n) is 7.71. The summed E-state index contributed by atoms with van der Waals surface area (Å²) in [5, 5.41) is 0.913. The van der Waals surface area contributed by atoms with Crippen LogP contribution in [0.5, 0.6) is 0 Å². The van der Waals surface area contributed by atoms with E-state index in [4.69, 9.17) is 14.9 Å². The first-order valence-corrected chi connectivity index (χ1v) is 7.71. The summed E-state index contributed by atoms with van der Waals surface area (Å²) in [7, 11) is 0. The fourth-order valence-corrected chi connectivity index (χ4v) is 3.12. The van der Waals surface area contributed by atoms with Gasteiger partial charge in [-0.1, -0.05) is 18.2 Å². The molecule has 2 heterocycles. The average molecular weight is 316 g/mol. The van der Waals surface area contributed by atoms with Crippen molar-refractivity contribution >= 4 is 23.0 Å². The molecule has 0 saturated carbocycles. The van der Waals surface area contributed by atoms with E-state index in [0.717, 1.165) is 29.4 Å². The first kappa shape index (κ1) is 15.4. The third kappa shape index (κ3) is 2.76. The number of nitrogens with two attached hydrogens (primary N) is 1. The number of carbonyl (C=O) groups excluding carboxylic acids is 2. The lowest BCUT2D eigenvalue weighted by atomic mass is 10.1. The molecule has 122 valence electrons. The van der Waals surface area contributed by atoms with Crippen LogP contribution < -0.4 is 5.73 Å². The van der Waals surface area contributed by atoms with Gasteiger partial charge in [0.1, 0.15) is 12.2 Å². The number of fused-ring (bicyclic) bond motifs is 1. The Labute approximate surface area is 134 Å². The van der Waals surface area contributed by atoms with Crippen molar-refractivity contribution in [1.29, 1.82) is 0 Å². The highest BCUT2D eigenvalue weighted by Gasteiger charge is 2.29. The molecular weight excluding hydrogens is 296 g/mol. The van der Waals surface area contributed by atoms with Crippen molar-refractivity contribution in [2.75, 3.05) is 13.2 Å². The van der Waals surface area contributed by atoms with Crippen LogP contribution in [0.4, 0.5) is 4.79 Å². The smallest absolute Gasteiger partial charge is 0.374 e. The number of furan rings is 1. The maximum atomic E-state index is 12.3. The number of amides is 2. The number of aryl methyl sites for hydroxylation is 2. The summed E-state index contributed by atoms with van der Waals surface area (Å²) in [4.78, 5) is 25.2. The van der Waals surface area contributed by atoms with E-state index in [9.17, 15) is 9.59 Å². The minimum Gasteiger partial charge on any atom is -0.458 e. The molecule has 6 heteroatoms. The second kappa shape index (κ2) is 5.95. The minimum absolute atomic E-state index is 0.136. The zero-order valence-corrected chi connectivity index (χ0v) is 13.3. The molecule has 1 aliphatic heterocycles. The number of para-hydroxylation sites is 1. The van der Waals surface area contributed by atoms with Gasteiger partial charge >= 0.3 is 12.0 Å². The average Bonchev–Trinajstić information content (AvgIpc) is 3.11. The van der Waals surface area contributed by atoms with Crippen molar-refractivity contribution in [1.82, 2.24) is 4.90 Å². The van der Waals surface area contributed by atoms with Gasteiger partial charge in [0.15, 0.2) is 0 Å². The van der Waals surface area contributed by atoms with E-state index in [0.29, 0.717) is 12.1 Å². The molecule has 6 nitrogen and oxygen atoms in total. The number of ether oxygens (including phenoxy) is 1. The van der Waals surface area contributed by atoms with Crippen LogP contribution in [0.25, 0.3) is 11.0 Å². The van der Waals surface area contributed by atoms with Gasteiger partial charge < -0.3 is 19.8 Å². The lowest BCUT2D eigenvalue weighted by Gasteiger charge is -2.21. The Morgan fingerprint density at radius 2 is 2.17 bits per heavy atom. The molecule has 1 aliphatic rings. The highest BCUT2D eigenvalue weighted by Crippen LogP contribution is 2.28. The van der Waals surface area contributed by atoms with Gasteiger partial charge in [-0.05, 0) is 32.3 Å². The largest absolute Gasteiger partial charge is 0.458 e. The molecule has 0 spiro atoms. The van der Waals surface area contributed by atoms with Gasteiger partial charge in [-0.2, -0.15) is 0 Å². The van der Waals surface area contributed by atoms with Crippen LogP contribution in [-0.4, -0.2) is 36.1 Å². The van der Waals surface area contributed by atoms with Gasteiger partial charge in [0, 0.05) is 17.5 Å². The van der Waals surface area contributed by atoms with Gasteiger partial charge in [-0.3, -0.25) is 0 Å². The number of hydrogen-bond donors (Lipinski definition) is 1. The summed E-state index contributed by atoms with van der Waals surface area (Å²) in [6.45, 7) is 4.52. The molecule has 23 heavy (non-hydrogen) atoms. The number of benzene rings is 1. The van der Waals surface area contributed by atoms with Gasteiger partial charge in [0.05, 0.1) is 6.04 Å². The predicted molar refractivity (Wildman–Crippen MR) is 85.3 cm³/mol. The molecule has 0 unspecified atom stereocenters. The van der Waals surface area contributed by atoms with E-state index in [1.165, 1.54) is 0 Å². The first-order chi connectivity index (χ1) is 11.0. The van der Waals surface area contributed by atoms with Crippen LogP contribution in [0, 0.1) is 13.8 Å². The van der Waals surface area contributed by atoms with Crippen LogP contribution in [0.2, 0.25) is 0 Å². The quantitative estimate of drug-likeness (QED) is 0.882. The Kier molecular flexibility index (Phi) is 3.98. The van der Waals surface area contributed by atoms with E-state index in [1.54, 1.807) is 4.90 Å². The molecule has 1 aromatic heterocycles. The Hall–Kier alpha value is -2.50. The lowest BCUT2D eigenvalue weighted by Crippen LogP contribution is -2.41. The van der Waals surface area contributed by atoms with E-state index < -0.39 is 12.0 Å². The zero-order chi connectivity index (χ0) is 16.6. The van der Waals surface area contributed by atoms with E-state index in [-0.39, 0.29) is 18.4 Å². The molecule has 1 fully saturated rings. The summed E-state index contributed by atoms with van der Waals surface area (Å²) in [6.07, 6.45) is 1.66. The molecule has 0 bridgehead atoms. The lowest BCUT2D eigenvalue weighted by molar-refractivity contribution is 0.0388. The van der Waals surface area contributed by atoms with Gasteiger partial charge in [-0.25, -0.2) is 9.59 Å². The number of carbonyl (C=O) groups is 2. The van der Waals surface area contributed by atoms with Crippen LogP contribution in [0.1, 0.15) is 34.5 Å². The zero-order valence-electron chi connectivity index (χ0n) is 13.3. The molecule has 0 aliphatic carbocycles. The van der Waals surface area contributed by atoms with E-state index in [2.05, 4.69) is 0 Å². The van der Waals surface area contributed by atoms with Crippen LogP contribution in [0.3, 0.4) is 0 Å². The maximum Gasteiger partial charge on any atom is 0.374 e. The van der Waals surface area contributed by atoms with Crippen molar-refractivity contribution in [3.63, 3.8) is 0 Å². The third-order valence-corrected chi connectivity index (χ3v) is 4.41. The summed E-state index contributed by atoms with van der Waals surface area (Å²) in [5.41, 5.74) is 7.77. The number of primary amides is 1. The van der Waals surface area contributed by atoms with Crippen LogP contribution in [-0.2, 0) is 4.74 Å². The van der Waals surface area contributed by atoms with Crippen molar-refractivity contribution in [2.24, 2.45) is 5.73 Å². The highest BCUT2D eigenvalue weighted by molar-refractivity contribution is 5.96. The monoisotopic (exact) mass is 316 g/mol. The number of rotatable bonds is 3. The summed E-state index contributed by atoms with van der Waals surface area (Å²) < 4.78 is 11.1. The topological polar surface area (TPSA) is 85.8 Å². The summed E-state index contributed by atoms with van der Waals surface area (Å²) in [5.74, 6) is -0.285. The number of esters is 1. The fraction of sp³-hybridized carbons (Fsp3) is 0.412. The second-order valence-corrected chi connectivity index (χ2v) is 5.93. The molecule has 2 N–H and O–H groups in total. The molecule has 2 aromatic rings. The Bertz CT molecular complexity index is 765. The molecule has 1 aromatic carbocycles. The third-order valence-electron chi connectivity index (χ3n) is 4.41. The second-order valence-electron chi connectivity index (χ2n) is 5.93. The Balaban J connectivity index is 1.75. The minimum atomic E-state index is -0.505. The fourth-order valence-electron chi connectivity index (χ4n) is 3.12. The SMILES string of the molecule is Cc1c(C(=O)OC[C@@H]2CCCN2C(N)=O)oc2c(C)cccc12. The highest BCUT2D eigenvalue weighted by atomic mass is 16.5. The van der Waals surface area contributed by atoms with E-state index in [1.807, 2.05) is 32.0 Å². The molecule has 1 atom stereocenters. The van der Waals surface area contributed by atoms with Crippen molar-refractivity contribution < 1.29 is 18.7 Å². The molecule has 3 rings (SSSR count). The molecular formula is C17H20N2O4. The Morgan fingerprint density at radius 1 is 1.39 bits per heavy atom. The maximum absolute atomic E-state index is 12.3. The van der Waals surface area contributed by atoms with Crippen LogP contribution >= 0.6 is 0 Å². The normalized spacial score (nSPS) is 17.7. The summed E-state index contributed by atoms with van der Waals surface area (Å²) >= 11 is 0. The predicted octanol–water partition coefficient (Wildman–Crippen LogP) is 2.75. The standard InChI is InChI=1S/C17H20N2O4/c1-10-5-3-7-13-11(2)15(23-14(10)13)16(20)22-9-12-6-4-8-19(12)17(18)21/h3,5,7,12H,4,6,8-9H2,1-2H3,(H2,18,21)/t12-/m0/s1. The number of likely N-dealkylation sites (tertiary alicyclic amines) is 1. The number of urea groups is 1. The van der Waals surface area contributed by atoms with Crippen LogP contribution in [0.15, 0.2) is 22.6 Å². The summed E-state index contributed by atoms with van der Waals surface area (Å²) in [6, 6.07) is 5.16. The van der Waals surface area contributed by atoms with Crippen molar-refractivity contribution in [2.45, 2.75) is 32.7 Å². The Morgan fingerprint density at radius 3 is 2.87 bits per heavy atom. The van der Waals surface area contributed by atoms with Crippen molar-refractivity contribution in [3.8, 4) is 0 Å². The van der Waals surface area contributed by atoms with Crippen molar-refractivity contribution in [3.05, 3.63) is 35.1 Å².